The van der Waals surface area contributed by atoms with Gasteiger partial charge in [0.2, 0.25) is 17.6 Å². The molecule has 0 aromatic heterocycles. The molecule has 0 radical (unpaired) electrons. The zero-order chi connectivity index (χ0) is 29.6. The van der Waals surface area contributed by atoms with Gasteiger partial charge in [-0.25, -0.2) is 0 Å². The Balaban J connectivity index is 1.64. The van der Waals surface area contributed by atoms with Crippen molar-refractivity contribution in [2.75, 3.05) is 0 Å². The van der Waals surface area contributed by atoms with Crippen molar-refractivity contribution in [1.29, 1.82) is 0 Å². The minimum atomic E-state index is -1.01. The highest BCUT2D eigenvalue weighted by Crippen LogP contribution is 2.17. The molecule has 220 valence electrons. The molecule has 4 amide bonds. The summed E-state index contributed by atoms with van der Waals surface area (Å²) in [6, 6.07) is 14.9. The molecule has 1 fully saturated rings. The lowest BCUT2D eigenvalue weighted by atomic mass is 9.95. The number of hydrogen-bond donors (Lipinski definition) is 4. The first kappa shape index (κ1) is 31.5. The Kier molecular flexibility index (Phi) is 12.5. The van der Waals surface area contributed by atoms with Gasteiger partial charge in [-0.05, 0) is 43.9 Å². The Morgan fingerprint density at radius 3 is 2.05 bits per heavy atom. The monoisotopic (exact) mass is 562 g/mol. The van der Waals surface area contributed by atoms with E-state index < -0.39 is 47.5 Å². The van der Waals surface area contributed by atoms with Gasteiger partial charge >= 0.3 is 0 Å². The first-order valence-corrected chi connectivity index (χ1v) is 14.6. The van der Waals surface area contributed by atoms with Gasteiger partial charge in [-0.15, -0.1) is 0 Å². The van der Waals surface area contributed by atoms with Gasteiger partial charge < -0.3 is 21.3 Å². The van der Waals surface area contributed by atoms with Crippen molar-refractivity contribution < 1.29 is 24.0 Å². The van der Waals surface area contributed by atoms with E-state index in [4.69, 9.17) is 0 Å². The molecule has 0 aliphatic heterocycles. The predicted molar refractivity (Wildman–Crippen MR) is 157 cm³/mol. The third-order valence-electron chi connectivity index (χ3n) is 7.34. The fraction of sp³-hybridized carbons (Fsp3) is 0.469. The lowest BCUT2D eigenvalue weighted by Crippen LogP contribution is -2.56. The van der Waals surface area contributed by atoms with Gasteiger partial charge in [-0.2, -0.15) is 0 Å². The van der Waals surface area contributed by atoms with Crippen LogP contribution in [0.3, 0.4) is 0 Å². The van der Waals surface area contributed by atoms with Crippen LogP contribution in [0, 0.1) is 0 Å². The van der Waals surface area contributed by atoms with Crippen LogP contribution in [0.2, 0.25) is 0 Å². The number of unbranched alkanes of at least 4 members (excludes halogenated alkanes) is 1. The van der Waals surface area contributed by atoms with E-state index in [0.29, 0.717) is 18.4 Å². The predicted octanol–water partition coefficient (Wildman–Crippen LogP) is 3.23. The lowest BCUT2D eigenvalue weighted by Gasteiger charge is -2.25. The Morgan fingerprint density at radius 2 is 1.41 bits per heavy atom. The van der Waals surface area contributed by atoms with E-state index >= 15 is 0 Å². The van der Waals surface area contributed by atoms with E-state index in [1.807, 2.05) is 37.3 Å². The molecule has 0 heterocycles. The average molecular weight is 563 g/mol. The van der Waals surface area contributed by atoms with Crippen molar-refractivity contribution in [2.45, 2.75) is 95.8 Å². The maximum absolute atomic E-state index is 13.3. The molecule has 1 saturated carbocycles. The maximum Gasteiger partial charge on any atom is 0.289 e. The van der Waals surface area contributed by atoms with Gasteiger partial charge in [0.15, 0.2) is 0 Å². The Bertz CT molecular complexity index is 1170. The van der Waals surface area contributed by atoms with Crippen molar-refractivity contribution >= 4 is 29.4 Å². The van der Waals surface area contributed by atoms with Crippen LogP contribution in [0.1, 0.15) is 81.1 Å². The first-order valence-electron chi connectivity index (χ1n) is 14.6. The molecule has 3 rings (SSSR count). The third-order valence-corrected chi connectivity index (χ3v) is 7.34. The topological polar surface area (TPSA) is 133 Å². The number of rotatable bonds is 14. The van der Waals surface area contributed by atoms with Crippen LogP contribution in [0.15, 0.2) is 60.7 Å². The number of benzene rings is 2. The summed E-state index contributed by atoms with van der Waals surface area (Å²) in [6.45, 7) is 3.47. The Labute approximate surface area is 242 Å². The minimum absolute atomic E-state index is 0.0198. The lowest BCUT2D eigenvalue weighted by molar-refractivity contribution is -0.141. The number of Topliss-reactive ketones (excluding diaryl/α,β-unsaturated/α-hetero) is 1. The second kappa shape index (κ2) is 16.3. The molecule has 1 aliphatic rings. The number of nitrogens with one attached hydrogen (secondary N) is 4. The van der Waals surface area contributed by atoms with E-state index in [1.54, 1.807) is 30.3 Å². The highest BCUT2D eigenvalue weighted by atomic mass is 16.2. The SMILES string of the molecule is CCCCC(NC(=O)C(C)NC(=O)C(Cc1ccccc1)NC(=O)c1ccccc1)C(=O)C(=O)NC1CCCCC1. The second-order valence-electron chi connectivity index (χ2n) is 10.7. The quantitative estimate of drug-likeness (QED) is 0.263. The van der Waals surface area contributed by atoms with E-state index in [2.05, 4.69) is 21.3 Å². The van der Waals surface area contributed by atoms with Crippen LogP contribution in [0.25, 0.3) is 0 Å². The van der Waals surface area contributed by atoms with E-state index in [-0.39, 0.29) is 12.5 Å². The van der Waals surface area contributed by atoms with Crippen LogP contribution >= 0.6 is 0 Å². The molecule has 41 heavy (non-hydrogen) atoms. The summed E-state index contributed by atoms with van der Waals surface area (Å²) in [5, 5.41) is 11.0. The van der Waals surface area contributed by atoms with Crippen LogP contribution in [-0.2, 0) is 25.6 Å². The van der Waals surface area contributed by atoms with E-state index in [1.165, 1.54) is 6.92 Å². The number of carbonyl (C=O) groups excluding carboxylic acids is 5. The van der Waals surface area contributed by atoms with Crippen LogP contribution in [0.5, 0.6) is 0 Å². The highest BCUT2D eigenvalue weighted by molar-refractivity contribution is 6.38. The molecule has 0 spiro atoms. The van der Waals surface area contributed by atoms with Gasteiger partial charge in [-0.3, -0.25) is 24.0 Å². The smallest absolute Gasteiger partial charge is 0.289 e. The van der Waals surface area contributed by atoms with Crippen molar-refractivity contribution in [2.24, 2.45) is 0 Å². The summed E-state index contributed by atoms with van der Waals surface area (Å²) in [7, 11) is 0. The summed E-state index contributed by atoms with van der Waals surface area (Å²) in [5.74, 6) is -2.87. The molecular formula is C32H42N4O5. The fourth-order valence-corrected chi connectivity index (χ4v) is 4.91. The number of hydrogen-bond acceptors (Lipinski definition) is 5. The maximum atomic E-state index is 13.3. The van der Waals surface area contributed by atoms with Crippen molar-refractivity contribution in [3.63, 3.8) is 0 Å². The Morgan fingerprint density at radius 1 is 0.780 bits per heavy atom. The molecule has 9 nitrogen and oxygen atoms in total. The standard InChI is InChI=1S/C32H42N4O5/c1-3-4-20-26(28(37)32(41)34-25-18-12-7-13-19-25)35-29(38)22(2)33-31(40)27(21-23-14-8-5-9-15-23)36-30(39)24-16-10-6-11-17-24/h5-6,8-11,14-17,22,25-27H,3-4,7,12-13,18-21H2,1-2H3,(H,33,40)(H,34,41)(H,35,38)(H,36,39). The summed E-state index contributed by atoms with van der Waals surface area (Å²) in [4.78, 5) is 65.0. The van der Waals surface area contributed by atoms with Gasteiger partial charge in [0.1, 0.15) is 12.1 Å². The third kappa shape index (κ3) is 10.2. The van der Waals surface area contributed by atoms with E-state index in [0.717, 1.165) is 44.1 Å². The molecule has 1 aliphatic carbocycles. The van der Waals surface area contributed by atoms with Gasteiger partial charge in [0.25, 0.3) is 11.8 Å². The first-order chi connectivity index (χ1) is 19.8. The summed E-state index contributed by atoms with van der Waals surface area (Å²) < 4.78 is 0. The number of amides is 4. The fourth-order valence-electron chi connectivity index (χ4n) is 4.91. The summed E-state index contributed by atoms with van der Waals surface area (Å²) in [5.41, 5.74) is 1.25. The van der Waals surface area contributed by atoms with Crippen molar-refractivity contribution in [1.82, 2.24) is 21.3 Å². The normalized spacial score (nSPS) is 15.6. The van der Waals surface area contributed by atoms with Crippen LogP contribution in [-0.4, -0.2) is 53.6 Å². The largest absolute Gasteiger partial charge is 0.347 e. The zero-order valence-electron chi connectivity index (χ0n) is 24.0. The van der Waals surface area contributed by atoms with Crippen molar-refractivity contribution in [3.8, 4) is 0 Å². The Hall–Kier alpha value is -4.01. The summed E-state index contributed by atoms with van der Waals surface area (Å²) >= 11 is 0. The highest BCUT2D eigenvalue weighted by Gasteiger charge is 2.31. The molecule has 2 aromatic rings. The number of ketones is 1. The molecular weight excluding hydrogens is 520 g/mol. The zero-order valence-corrected chi connectivity index (χ0v) is 24.0. The van der Waals surface area contributed by atoms with Gasteiger partial charge in [0, 0.05) is 18.0 Å². The average Bonchev–Trinajstić information content (AvgIpc) is 2.99. The molecule has 0 bridgehead atoms. The van der Waals surface area contributed by atoms with Crippen LogP contribution < -0.4 is 21.3 Å². The molecule has 3 atom stereocenters. The molecule has 4 N–H and O–H groups in total. The van der Waals surface area contributed by atoms with Gasteiger partial charge in [-0.1, -0.05) is 87.6 Å². The molecule has 3 unspecified atom stereocenters. The summed E-state index contributed by atoms with van der Waals surface area (Å²) in [6.07, 6.45) is 6.84. The second-order valence-corrected chi connectivity index (χ2v) is 10.7. The van der Waals surface area contributed by atoms with E-state index in [9.17, 15) is 24.0 Å². The van der Waals surface area contributed by atoms with Crippen molar-refractivity contribution in [3.05, 3.63) is 71.8 Å². The number of carbonyl (C=O) groups is 5. The molecule has 0 saturated heterocycles. The van der Waals surface area contributed by atoms with Gasteiger partial charge in [0.05, 0.1) is 6.04 Å². The minimum Gasteiger partial charge on any atom is -0.347 e. The van der Waals surface area contributed by atoms with Crippen LogP contribution in [0.4, 0.5) is 0 Å². The molecule has 2 aromatic carbocycles. The molecule has 9 heteroatoms.